The van der Waals surface area contributed by atoms with Crippen molar-refractivity contribution in [3.63, 3.8) is 0 Å². The molecule has 0 aliphatic carbocycles. The van der Waals surface area contributed by atoms with Gasteiger partial charge >= 0.3 is 6.09 Å². The second kappa shape index (κ2) is 10.1. The summed E-state index contributed by atoms with van der Waals surface area (Å²) in [5, 5.41) is 2.64. The number of ether oxygens (including phenoxy) is 1. The molecule has 2 aromatic carbocycles. The summed E-state index contributed by atoms with van der Waals surface area (Å²) in [4.78, 5) is 28.6. The van der Waals surface area contributed by atoms with E-state index >= 15 is 0 Å². The second-order valence-electron chi connectivity index (χ2n) is 8.59. The lowest BCUT2D eigenvalue weighted by atomic mass is 9.86. The van der Waals surface area contributed by atoms with Gasteiger partial charge in [-0.1, -0.05) is 24.3 Å². The van der Waals surface area contributed by atoms with Crippen molar-refractivity contribution >= 4 is 12.0 Å². The van der Waals surface area contributed by atoms with Crippen LogP contribution >= 0.6 is 0 Å². The Morgan fingerprint density at radius 1 is 1.06 bits per heavy atom. The molecule has 4 aliphatic rings. The molecule has 172 valence electrons. The van der Waals surface area contributed by atoms with E-state index in [2.05, 4.69) is 10.2 Å². The highest BCUT2D eigenvalue weighted by atomic mass is 19.1. The first kappa shape index (κ1) is 22.3. The smallest absolute Gasteiger partial charge is 0.410 e. The lowest BCUT2D eigenvalue weighted by molar-refractivity contribution is -0.0446. The van der Waals surface area contributed by atoms with Gasteiger partial charge in [-0.25, -0.2) is 9.18 Å². The largest absolute Gasteiger partial charge is 0.444 e. The number of rotatable bonds is 2. The minimum absolute atomic E-state index is 0. The molecule has 2 aromatic rings. The molecule has 6 rings (SSSR count). The SMILES string of the molecule is CNC(=O)c1ccc2c(c1)CN(C(=O)O[C@@H]1CN3CCC1CC3)CC2.Fc1ccccc1.[HH]. The molecule has 3 saturated heterocycles. The van der Waals surface area contributed by atoms with Crippen molar-refractivity contribution in [3.05, 3.63) is 71.0 Å². The molecule has 32 heavy (non-hydrogen) atoms. The van der Waals surface area contributed by atoms with Crippen LogP contribution < -0.4 is 5.32 Å². The maximum atomic E-state index is 12.6. The average Bonchev–Trinajstić information content (AvgIpc) is 2.84. The first-order valence-corrected chi connectivity index (χ1v) is 11.3. The molecule has 6 nitrogen and oxygen atoms in total. The van der Waals surface area contributed by atoms with Gasteiger partial charge in [0.25, 0.3) is 5.91 Å². The van der Waals surface area contributed by atoms with Crippen LogP contribution in [-0.2, 0) is 17.7 Å². The number of amides is 2. The van der Waals surface area contributed by atoms with Gasteiger partial charge in [0.2, 0.25) is 0 Å². The summed E-state index contributed by atoms with van der Waals surface area (Å²) in [7, 11) is 1.62. The number of carbonyl (C=O) groups excluding carboxylic acids is 2. The highest BCUT2D eigenvalue weighted by Gasteiger charge is 2.37. The van der Waals surface area contributed by atoms with Crippen molar-refractivity contribution in [3.8, 4) is 0 Å². The molecule has 0 unspecified atom stereocenters. The summed E-state index contributed by atoms with van der Waals surface area (Å²) in [5.41, 5.74) is 2.88. The summed E-state index contributed by atoms with van der Waals surface area (Å²) in [6.07, 6.45) is 2.90. The third-order valence-electron chi connectivity index (χ3n) is 6.55. The number of benzene rings is 2. The van der Waals surface area contributed by atoms with E-state index in [1.54, 1.807) is 30.1 Å². The van der Waals surface area contributed by atoms with Crippen LogP contribution in [0, 0.1) is 11.7 Å². The number of piperidine rings is 3. The molecule has 0 radical (unpaired) electrons. The molecular weight excluding hydrogens is 409 g/mol. The molecule has 3 fully saturated rings. The van der Waals surface area contributed by atoms with E-state index in [9.17, 15) is 14.0 Å². The lowest BCUT2D eigenvalue weighted by Crippen LogP contribution is -2.53. The summed E-state index contributed by atoms with van der Waals surface area (Å²) in [6.45, 7) is 4.34. The van der Waals surface area contributed by atoms with Crippen molar-refractivity contribution in [1.29, 1.82) is 0 Å². The van der Waals surface area contributed by atoms with Crippen LogP contribution in [0.4, 0.5) is 9.18 Å². The lowest BCUT2D eigenvalue weighted by Gasteiger charge is -2.44. The van der Waals surface area contributed by atoms with Gasteiger partial charge in [0.1, 0.15) is 11.9 Å². The Labute approximate surface area is 189 Å². The summed E-state index contributed by atoms with van der Waals surface area (Å²) in [5.74, 6) is 0.239. The number of hydrogen-bond donors (Lipinski definition) is 1. The minimum Gasteiger partial charge on any atom is -0.444 e. The molecule has 4 aliphatic heterocycles. The molecule has 2 amide bonds. The maximum absolute atomic E-state index is 12.6. The Hall–Kier alpha value is -2.93. The molecular formula is C25H32FN3O3. The molecule has 0 saturated carbocycles. The van der Waals surface area contributed by atoms with Gasteiger partial charge in [0.05, 0.1) is 0 Å². The van der Waals surface area contributed by atoms with Gasteiger partial charge < -0.3 is 15.0 Å². The van der Waals surface area contributed by atoms with E-state index < -0.39 is 0 Å². The van der Waals surface area contributed by atoms with Crippen molar-refractivity contribution in [1.82, 2.24) is 15.1 Å². The Bertz CT molecular complexity index is 951. The van der Waals surface area contributed by atoms with Gasteiger partial charge in [0, 0.05) is 33.7 Å². The standard InChI is InChI=1S/C19H25N3O3.C6H5F.H2/c1-20-18(23)15-3-2-13-6-9-22(11-16(13)10-15)19(24)25-17-12-21-7-4-14(17)5-8-21;7-6-4-2-1-3-5-6;/h2-3,10,14,17H,4-9,11-12H2,1H3,(H,20,23);1-5H;1H/t17-;;/m1../s1. The third-order valence-corrected chi connectivity index (χ3v) is 6.55. The number of carbonyl (C=O) groups is 2. The van der Waals surface area contributed by atoms with Gasteiger partial charge in [-0.05, 0) is 73.7 Å². The highest BCUT2D eigenvalue weighted by Crippen LogP contribution is 2.30. The van der Waals surface area contributed by atoms with Crippen molar-refractivity contribution in [2.45, 2.75) is 31.9 Å². The Kier molecular flexibility index (Phi) is 7.05. The third kappa shape index (κ3) is 5.27. The molecule has 1 N–H and O–H groups in total. The van der Waals surface area contributed by atoms with E-state index in [0.717, 1.165) is 44.5 Å². The fourth-order valence-electron chi connectivity index (χ4n) is 4.66. The molecule has 0 aromatic heterocycles. The van der Waals surface area contributed by atoms with Crippen LogP contribution in [0.5, 0.6) is 0 Å². The van der Waals surface area contributed by atoms with Crippen LogP contribution in [0.15, 0.2) is 48.5 Å². The number of halogens is 1. The van der Waals surface area contributed by atoms with Crippen LogP contribution in [-0.4, -0.2) is 61.1 Å². The zero-order chi connectivity index (χ0) is 22.5. The predicted octanol–water partition coefficient (Wildman–Crippen LogP) is 3.71. The molecule has 7 heteroatoms. The molecule has 0 spiro atoms. The van der Waals surface area contributed by atoms with Crippen LogP contribution in [0.25, 0.3) is 0 Å². The first-order chi connectivity index (χ1) is 15.5. The fourth-order valence-corrected chi connectivity index (χ4v) is 4.66. The summed E-state index contributed by atoms with van der Waals surface area (Å²) >= 11 is 0. The molecule has 2 bridgehead atoms. The Morgan fingerprint density at radius 3 is 2.41 bits per heavy atom. The zero-order valence-corrected chi connectivity index (χ0v) is 18.4. The number of nitrogens with one attached hydrogen (secondary N) is 1. The number of hydrogen-bond acceptors (Lipinski definition) is 4. The fraction of sp³-hybridized carbons (Fsp3) is 0.440. The Morgan fingerprint density at radius 2 is 1.81 bits per heavy atom. The quantitative estimate of drug-likeness (QED) is 0.772. The average molecular weight is 442 g/mol. The number of fused-ring (bicyclic) bond motifs is 4. The van der Waals surface area contributed by atoms with Crippen molar-refractivity contribution < 1.29 is 20.1 Å². The van der Waals surface area contributed by atoms with Crippen molar-refractivity contribution in [2.24, 2.45) is 5.92 Å². The van der Waals surface area contributed by atoms with Gasteiger partial charge in [-0.15, -0.1) is 0 Å². The highest BCUT2D eigenvalue weighted by molar-refractivity contribution is 5.94. The topological polar surface area (TPSA) is 61.9 Å². The van der Waals surface area contributed by atoms with Gasteiger partial charge in [0.15, 0.2) is 0 Å². The van der Waals surface area contributed by atoms with E-state index in [1.807, 2.05) is 18.2 Å². The van der Waals surface area contributed by atoms with Gasteiger partial charge in [-0.3, -0.25) is 9.69 Å². The summed E-state index contributed by atoms with van der Waals surface area (Å²) in [6, 6.07) is 13.7. The minimum atomic E-state index is -0.213. The monoisotopic (exact) mass is 441 g/mol. The second-order valence-corrected chi connectivity index (χ2v) is 8.59. The van der Waals surface area contributed by atoms with E-state index in [4.69, 9.17) is 4.74 Å². The predicted molar refractivity (Wildman–Crippen MR) is 122 cm³/mol. The van der Waals surface area contributed by atoms with E-state index in [-0.39, 0.29) is 25.3 Å². The molecule has 1 atom stereocenters. The van der Waals surface area contributed by atoms with E-state index in [0.29, 0.717) is 24.6 Å². The van der Waals surface area contributed by atoms with Gasteiger partial charge in [-0.2, -0.15) is 0 Å². The van der Waals surface area contributed by atoms with Crippen LogP contribution in [0.1, 0.15) is 35.8 Å². The van der Waals surface area contributed by atoms with Crippen molar-refractivity contribution in [2.75, 3.05) is 33.2 Å². The first-order valence-electron chi connectivity index (χ1n) is 11.3. The Balaban J connectivity index is 0.000000330. The maximum Gasteiger partial charge on any atom is 0.410 e. The zero-order valence-electron chi connectivity index (χ0n) is 18.4. The summed E-state index contributed by atoms with van der Waals surface area (Å²) < 4.78 is 17.8. The normalized spacial score (nSPS) is 23.4. The van der Waals surface area contributed by atoms with Crippen LogP contribution in [0.3, 0.4) is 0 Å². The number of nitrogens with zero attached hydrogens (tertiary/aromatic N) is 2. The molecule has 4 heterocycles. The van der Waals surface area contributed by atoms with Crippen LogP contribution in [0.2, 0.25) is 0 Å². The van der Waals surface area contributed by atoms with E-state index in [1.165, 1.54) is 17.7 Å².